The summed E-state index contributed by atoms with van der Waals surface area (Å²) in [5.74, 6) is 0.162. The summed E-state index contributed by atoms with van der Waals surface area (Å²) in [5.41, 5.74) is -0.761. The number of nitriles is 1. The molecule has 2 aliphatic carbocycles. The number of hydrogen-bond acceptors (Lipinski definition) is 4. The monoisotopic (exact) mass is 310 g/mol. The van der Waals surface area contributed by atoms with Crippen molar-refractivity contribution in [2.75, 3.05) is 11.5 Å². The normalized spacial score (nSPS) is 22.0. The Hall–Kier alpha value is -1.22. The fraction of sp³-hybridized carbons (Fsp3) is 0.800. The first-order valence-corrected chi connectivity index (χ1v) is 8.67. The number of rotatable bonds is 7. The molecular weight excluding hydrogens is 288 g/mol. The lowest BCUT2D eigenvalue weighted by Crippen LogP contribution is -2.49. The van der Waals surface area contributed by atoms with Crippen LogP contribution in [0.15, 0.2) is 0 Å². The van der Waals surface area contributed by atoms with Gasteiger partial charge in [-0.2, -0.15) is 17.0 Å². The standard InChI is InChI=1S/C15H22N2O3S/c16-10-15(4-2-1-3-5-15)17-12(18)9-21-11-14(6-7-14)8-13(19)20/h1-9,11H2,(H,17,18)(H,19,20). The first kappa shape index (κ1) is 16.2. The van der Waals surface area contributed by atoms with Crippen molar-refractivity contribution in [3.8, 4) is 6.07 Å². The minimum absolute atomic E-state index is 0.0888. The number of amides is 1. The summed E-state index contributed by atoms with van der Waals surface area (Å²) in [7, 11) is 0. The zero-order valence-corrected chi connectivity index (χ0v) is 13.0. The maximum atomic E-state index is 12.0. The Bertz CT molecular complexity index is 448. The van der Waals surface area contributed by atoms with Crippen molar-refractivity contribution < 1.29 is 14.7 Å². The molecule has 0 unspecified atom stereocenters. The van der Waals surface area contributed by atoms with Gasteiger partial charge in [0.2, 0.25) is 5.91 Å². The van der Waals surface area contributed by atoms with Gasteiger partial charge in [0.15, 0.2) is 0 Å². The first-order valence-electron chi connectivity index (χ1n) is 7.51. The van der Waals surface area contributed by atoms with E-state index in [4.69, 9.17) is 5.11 Å². The average Bonchev–Trinajstić information content (AvgIpc) is 3.18. The molecule has 0 aromatic carbocycles. The third-order valence-corrected chi connectivity index (χ3v) is 5.71. The maximum Gasteiger partial charge on any atom is 0.303 e. The lowest BCUT2D eigenvalue weighted by Gasteiger charge is -2.31. The van der Waals surface area contributed by atoms with Crippen LogP contribution in [-0.2, 0) is 9.59 Å². The summed E-state index contributed by atoms with van der Waals surface area (Å²) in [6, 6.07) is 2.27. The van der Waals surface area contributed by atoms with E-state index in [1.165, 1.54) is 11.8 Å². The molecule has 21 heavy (non-hydrogen) atoms. The highest BCUT2D eigenvalue weighted by Crippen LogP contribution is 2.50. The van der Waals surface area contributed by atoms with Gasteiger partial charge in [-0.15, -0.1) is 0 Å². The molecule has 0 bridgehead atoms. The summed E-state index contributed by atoms with van der Waals surface area (Å²) in [6.07, 6.45) is 6.67. The number of carbonyl (C=O) groups excluding carboxylic acids is 1. The number of thioether (sulfide) groups is 1. The second-order valence-corrected chi connectivity index (χ2v) is 7.35. The van der Waals surface area contributed by atoms with Gasteiger partial charge in [0.05, 0.1) is 18.2 Å². The minimum Gasteiger partial charge on any atom is -0.481 e. The molecule has 5 nitrogen and oxygen atoms in total. The Morgan fingerprint density at radius 2 is 1.86 bits per heavy atom. The van der Waals surface area contributed by atoms with E-state index < -0.39 is 11.5 Å². The molecule has 0 heterocycles. The Kier molecular flexibility index (Phi) is 5.15. The van der Waals surface area contributed by atoms with Gasteiger partial charge in [-0.1, -0.05) is 19.3 Å². The molecule has 2 N–H and O–H groups in total. The Labute approximate surface area is 129 Å². The zero-order valence-electron chi connectivity index (χ0n) is 12.2. The Balaban J connectivity index is 1.72. The van der Waals surface area contributed by atoms with E-state index in [0.29, 0.717) is 11.5 Å². The molecule has 2 saturated carbocycles. The van der Waals surface area contributed by atoms with Crippen LogP contribution < -0.4 is 5.32 Å². The second-order valence-electron chi connectivity index (χ2n) is 6.37. The van der Waals surface area contributed by atoms with Gasteiger partial charge in [0.25, 0.3) is 0 Å². The lowest BCUT2D eigenvalue weighted by molar-refractivity contribution is -0.138. The van der Waals surface area contributed by atoms with E-state index in [9.17, 15) is 14.9 Å². The van der Waals surface area contributed by atoms with Gasteiger partial charge in [-0.3, -0.25) is 9.59 Å². The largest absolute Gasteiger partial charge is 0.481 e. The molecule has 0 aliphatic heterocycles. The highest BCUT2D eigenvalue weighted by Gasteiger charge is 2.44. The molecule has 116 valence electrons. The summed E-state index contributed by atoms with van der Waals surface area (Å²) < 4.78 is 0. The van der Waals surface area contributed by atoms with Crippen molar-refractivity contribution in [2.45, 2.75) is 56.9 Å². The van der Waals surface area contributed by atoms with Crippen LogP contribution in [0.25, 0.3) is 0 Å². The highest BCUT2D eigenvalue weighted by atomic mass is 32.2. The predicted octanol–water partition coefficient (Wildman–Crippen LogP) is 2.32. The molecule has 2 rings (SSSR count). The average molecular weight is 310 g/mol. The van der Waals surface area contributed by atoms with Crippen LogP contribution in [-0.4, -0.2) is 34.0 Å². The summed E-state index contributed by atoms with van der Waals surface area (Å²) in [5, 5.41) is 21.1. The fourth-order valence-corrected chi connectivity index (χ4v) is 4.14. The molecule has 2 aliphatic rings. The maximum absolute atomic E-state index is 12.0. The predicted molar refractivity (Wildman–Crippen MR) is 80.8 cm³/mol. The smallest absolute Gasteiger partial charge is 0.303 e. The van der Waals surface area contributed by atoms with Gasteiger partial charge in [-0.05, 0) is 36.9 Å². The molecule has 1 amide bonds. The van der Waals surface area contributed by atoms with E-state index >= 15 is 0 Å². The van der Waals surface area contributed by atoms with Crippen molar-refractivity contribution in [3.05, 3.63) is 0 Å². The minimum atomic E-state index is -0.761. The first-order chi connectivity index (χ1) is 9.99. The third-order valence-electron chi connectivity index (χ3n) is 4.42. The van der Waals surface area contributed by atoms with Crippen LogP contribution in [0.1, 0.15) is 51.4 Å². The summed E-state index contributed by atoms with van der Waals surface area (Å²) in [4.78, 5) is 22.8. The number of carboxylic acid groups (broad SMARTS) is 1. The molecule has 2 fully saturated rings. The summed E-state index contributed by atoms with van der Waals surface area (Å²) >= 11 is 1.49. The quantitative estimate of drug-likeness (QED) is 0.753. The zero-order chi connectivity index (χ0) is 15.3. The van der Waals surface area contributed by atoms with E-state index in [0.717, 1.165) is 44.9 Å². The van der Waals surface area contributed by atoms with Crippen LogP contribution >= 0.6 is 11.8 Å². The van der Waals surface area contributed by atoms with Gasteiger partial charge >= 0.3 is 5.97 Å². The SMILES string of the molecule is N#CC1(NC(=O)CSCC2(CC(=O)O)CC2)CCCCC1. The van der Waals surface area contributed by atoms with Crippen LogP contribution in [0.2, 0.25) is 0 Å². The van der Waals surface area contributed by atoms with Crippen LogP contribution in [0, 0.1) is 16.7 Å². The molecular formula is C15H22N2O3S. The number of carbonyl (C=O) groups is 2. The Morgan fingerprint density at radius 1 is 1.19 bits per heavy atom. The van der Waals surface area contributed by atoms with Crippen molar-refractivity contribution in [1.82, 2.24) is 5.32 Å². The van der Waals surface area contributed by atoms with Gasteiger partial charge in [0.1, 0.15) is 5.54 Å². The van der Waals surface area contributed by atoms with Crippen molar-refractivity contribution in [3.63, 3.8) is 0 Å². The van der Waals surface area contributed by atoms with Crippen molar-refractivity contribution in [1.29, 1.82) is 5.26 Å². The number of nitrogens with zero attached hydrogens (tertiary/aromatic N) is 1. The third kappa shape index (κ3) is 4.63. The molecule has 0 atom stereocenters. The van der Waals surface area contributed by atoms with E-state index in [-0.39, 0.29) is 17.7 Å². The van der Waals surface area contributed by atoms with E-state index in [2.05, 4.69) is 11.4 Å². The summed E-state index contributed by atoms with van der Waals surface area (Å²) in [6.45, 7) is 0. The molecule has 0 aromatic heterocycles. The molecule has 0 radical (unpaired) electrons. The highest BCUT2D eigenvalue weighted by molar-refractivity contribution is 8.00. The molecule has 6 heteroatoms. The van der Waals surface area contributed by atoms with Gasteiger partial charge in [-0.25, -0.2) is 0 Å². The van der Waals surface area contributed by atoms with Crippen molar-refractivity contribution in [2.24, 2.45) is 5.41 Å². The Morgan fingerprint density at radius 3 is 2.38 bits per heavy atom. The number of hydrogen-bond donors (Lipinski definition) is 2. The van der Waals surface area contributed by atoms with Crippen molar-refractivity contribution >= 4 is 23.6 Å². The molecule has 0 aromatic rings. The lowest BCUT2D eigenvalue weighted by atomic mass is 9.83. The van der Waals surface area contributed by atoms with E-state index in [1.54, 1.807) is 0 Å². The number of nitrogens with one attached hydrogen (secondary N) is 1. The second kappa shape index (κ2) is 6.69. The number of aliphatic carboxylic acids is 1. The topological polar surface area (TPSA) is 90.2 Å². The molecule has 0 saturated heterocycles. The van der Waals surface area contributed by atoms with Crippen LogP contribution in [0.5, 0.6) is 0 Å². The van der Waals surface area contributed by atoms with Gasteiger partial charge < -0.3 is 10.4 Å². The molecule has 0 spiro atoms. The van der Waals surface area contributed by atoms with Crippen LogP contribution in [0.3, 0.4) is 0 Å². The van der Waals surface area contributed by atoms with Crippen LogP contribution in [0.4, 0.5) is 0 Å². The van der Waals surface area contributed by atoms with Gasteiger partial charge in [0, 0.05) is 0 Å². The fourth-order valence-electron chi connectivity index (χ4n) is 2.95. The van der Waals surface area contributed by atoms with E-state index in [1.807, 2.05) is 0 Å². The number of carboxylic acids is 1.